The lowest BCUT2D eigenvalue weighted by Crippen LogP contribution is -1.94. The summed E-state index contributed by atoms with van der Waals surface area (Å²) >= 11 is 11.0. The van der Waals surface area contributed by atoms with Gasteiger partial charge in [0.1, 0.15) is 0 Å². The van der Waals surface area contributed by atoms with Crippen LogP contribution in [0.2, 0.25) is 0 Å². The number of nitrogens with one attached hydrogen (secondary N) is 1. The Kier molecular flexibility index (Phi) is 4.20. The summed E-state index contributed by atoms with van der Waals surface area (Å²) in [6.07, 6.45) is 0. The average molecular weight is 236 g/mol. The molecule has 5 heteroatoms. The molecular formula is C8H11ClNOPS. The highest BCUT2D eigenvalue weighted by Gasteiger charge is 2.11. The van der Waals surface area contributed by atoms with Gasteiger partial charge in [-0.15, -0.1) is 0 Å². The van der Waals surface area contributed by atoms with Crippen LogP contribution >= 0.6 is 17.0 Å². The minimum absolute atomic E-state index is 0.528. The smallest absolute Gasteiger partial charge is 0.244 e. The maximum atomic E-state index is 5.96. The van der Waals surface area contributed by atoms with Crippen molar-refractivity contribution in [1.29, 1.82) is 0 Å². The van der Waals surface area contributed by atoms with E-state index in [-0.39, 0.29) is 0 Å². The molecule has 13 heavy (non-hydrogen) atoms. The molecule has 0 aliphatic carbocycles. The number of hydrogen-bond donors (Lipinski definition) is 1. The molecule has 0 amide bonds. The Morgan fingerprint density at radius 1 is 1.46 bits per heavy atom. The summed E-state index contributed by atoms with van der Waals surface area (Å²) in [7, 11) is 0. The maximum Gasteiger partial charge on any atom is 0.244 e. The third kappa shape index (κ3) is 4.10. The molecule has 1 rings (SSSR count). The zero-order chi connectivity index (χ0) is 9.73. The van der Waals surface area contributed by atoms with E-state index in [0.717, 1.165) is 5.69 Å². The first kappa shape index (κ1) is 11.0. The minimum atomic E-state index is -2.36. The minimum Gasteiger partial charge on any atom is -0.325 e. The fourth-order valence-electron chi connectivity index (χ4n) is 0.865. The van der Waals surface area contributed by atoms with Crippen molar-refractivity contribution in [3.63, 3.8) is 0 Å². The molecular weight excluding hydrogens is 225 g/mol. The van der Waals surface area contributed by atoms with E-state index in [9.17, 15) is 0 Å². The maximum absolute atomic E-state index is 5.96. The Labute approximate surface area is 88.2 Å². The second-order valence-corrected chi connectivity index (χ2v) is 7.39. The van der Waals surface area contributed by atoms with Gasteiger partial charge in [0.05, 0.1) is 6.61 Å². The van der Waals surface area contributed by atoms with Crippen LogP contribution in [-0.4, -0.2) is 6.61 Å². The Bertz CT molecular complexity index is 306. The van der Waals surface area contributed by atoms with E-state index >= 15 is 0 Å². The van der Waals surface area contributed by atoms with Crippen LogP contribution in [0.1, 0.15) is 6.92 Å². The van der Waals surface area contributed by atoms with Gasteiger partial charge < -0.3 is 9.61 Å². The molecule has 0 fully saturated rings. The van der Waals surface area contributed by atoms with Gasteiger partial charge in [0.2, 0.25) is 5.77 Å². The van der Waals surface area contributed by atoms with Crippen molar-refractivity contribution < 1.29 is 4.52 Å². The third-order valence-corrected chi connectivity index (χ3v) is 3.58. The van der Waals surface area contributed by atoms with Gasteiger partial charge in [-0.25, -0.2) is 0 Å². The first-order valence-electron chi connectivity index (χ1n) is 3.91. The van der Waals surface area contributed by atoms with Gasteiger partial charge in [-0.05, 0) is 42.1 Å². The molecule has 2 nitrogen and oxygen atoms in total. The topological polar surface area (TPSA) is 21.3 Å². The SMILES string of the molecule is CCOP(=S)(Cl)Nc1ccccc1. The van der Waals surface area contributed by atoms with Crippen LogP contribution in [-0.2, 0) is 16.3 Å². The summed E-state index contributed by atoms with van der Waals surface area (Å²) in [6.45, 7) is 2.40. The number of para-hydroxylation sites is 1. The predicted octanol–water partition coefficient (Wildman–Crippen LogP) is 3.60. The van der Waals surface area contributed by atoms with Crippen LogP contribution in [0.5, 0.6) is 0 Å². The first-order chi connectivity index (χ1) is 6.14. The molecule has 1 unspecified atom stereocenters. The van der Waals surface area contributed by atoms with E-state index in [1.807, 2.05) is 37.3 Å². The second kappa shape index (κ2) is 4.97. The summed E-state index contributed by atoms with van der Waals surface area (Å²) in [6, 6.07) is 9.58. The van der Waals surface area contributed by atoms with Gasteiger partial charge in [0, 0.05) is 5.69 Å². The summed E-state index contributed by atoms with van der Waals surface area (Å²) in [4.78, 5) is 0. The van der Waals surface area contributed by atoms with Crippen molar-refractivity contribution in [2.45, 2.75) is 6.92 Å². The lowest BCUT2D eigenvalue weighted by atomic mass is 10.3. The molecule has 0 aliphatic rings. The molecule has 0 bridgehead atoms. The molecule has 72 valence electrons. The fourth-order valence-corrected chi connectivity index (χ4v) is 2.94. The van der Waals surface area contributed by atoms with Crippen molar-refractivity contribution in [2.75, 3.05) is 11.7 Å². The van der Waals surface area contributed by atoms with Gasteiger partial charge in [-0.3, -0.25) is 0 Å². The molecule has 0 spiro atoms. The van der Waals surface area contributed by atoms with Crippen LogP contribution in [0.25, 0.3) is 0 Å². The Morgan fingerprint density at radius 2 is 2.08 bits per heavy atom. The highest BCUT2D eigenvalue weighted by Crippen LogP contribution is 2.51. The van der Waals surface area contributed by atoms with E-state index < -0.39 is 5.77 Å². The largest absolute Gasteiger partial charge is 0.325 e. The van der Waals surface area contributed by atoms with Crippen molar-refractivity contribution >= 4 is 34.5 Å². The van der Waals surface area contributed by atoms with E-state index in [1.54, 1.807) is 0 Å². The third-order valence-electron chi connectivity index (χ3n) is 1.33. The molecule has 1 aromatic rings. The Hall–Kier alpha value is -0.0800. The lowest BCUT2D eigenvalue weighted by molar-refractivity contribution is 0.387. The van der Waals surface area contributed by atoms with Crippen molar-refractivity contribution in [3.05, 3.63) is 30.3 Å². The monoisotopic (exact) mass is 235 g/mol. The highest BCUT2D eigenvalue weighted by atomic mass is 35.7. The summed E-state index contributed by atoms with van der Waals surface area (Å²) in [5.74, 6) is -2.36. The van der Waals surface area contributed by atoms with Gasteiger partial charge >= 0.3 is 0 Å². The quantitative estimate of drug-likeness (QED) is 0.806. The Morgan fingerprint density at radius 3 is 2.62 bits per heavy atom. The summed E-state index contributed by atoms with van der Waals surface area (Å²) in [5.41, 5.74) is 0.897. The number of rotatable bonds is 4. The normalized spacial score (nSPS) is 14.9. The zero-order valence-electron chi connectivity index (χ0n) is 7.24. The molecule has 0 saturated carbocycles. The lowest BCUT2D eigenvalue weighted by Gasteiger charge is -2.15. The fraction of sp³-hybridized carbons (Fsp3) is 0.250. The second-order valence-electron chi connectivity index (χ2n) is 2.38. The highest BCUT2D eigenvalue weighted by molar-refractivity contribution is 8.25. The predicted molar refractivity (Wildman–Crippen MR) is 61.8 cm³/mol. The molecule has 1 N–H and O–H groups in total. The summed E-state index contributed by atoms with van der Waals surface area (Å²) in [5, 5.41) is 2.99. The number of benzene rings is 1. The van der Waals surface area contributed by atoms with Crippen LogP contribution in [0.3, 0.4) is 0 Å². The molecule has 1 aromatic carbocycles. The standard InChI is InChI=1S/C8H11ClNOPS/c1-2-11-12(9,13)10-8-6-4-3-5-7-8/h3-7H,2H2,1H3,(H,10,13). The molecule has 0 aliphatic heterocycles. The molecule has 0 heterocycles. The van der Waals surface area contributed by atoms with Crippen molar-refractivity contribution in [3.8, 4) is 0 Å². The van der Waals surface area contributed by atoms with E-state index in [1.165, 1.54) is 0 Å². The Balaban J connectivity index is 2.64. The first-order valence-corrected chi connectivity index (χ1v) is 7.54. The molecule has 0 radical (unpaired) electrons. The van der Waals surface area contributed by atoms with Gasteiger partial charge in [-0.1, -0.05) is 18.2 Å². The molecule has 1 atom stereocenters. The molecule has 0 saturated heterocycles. The van der Waals surface area contributed by atoms with E-state index in [2.05, 4.69) is 5.09 Å². The van der Waals surface area contributed by atoms with E-state index in [0.29, 0.717) is 6.61 Å². The van der Waals surface area contributed by atoms with Crippen LogP contribution in [0, 0.1) is 0 Å². The van der Waals surface area contributed by atoms with E-state index in [4.69, 9.17) is 27.6 Å². The molecule has 0 aromatic heterocycles. The number of hydrogen-bond acceptors (Lipinski definition) is 2. The summed E-state index contributed by atoms with van der Waals surface area (Å²) < 4.78 is 5.21. The van der Waals surface area contributed by atoms with Crippen molar-refractivity contribution in [1.82, 2.24) is 0 Å². The van der Waals surface area contributed by atoms with Crippen LogP contribution in [0.4, 0.5) is 5.69 Å². The number of halogens is 1. The van der Waals surface area contributed by atoms with Gasteiger partial charge in [-0.2, -0.15) is 0 Å². The van der Waals surface area contributed by atoms with Gasteiger partial charge in [0.15, 0.2) is 0 Å². The van der Waals surface area contributed by atoms with Crippen molar-refractivity contribution in [2.24, 2.45) is 0 Å². The average Bonchev–Trinajstić information content (AvgIpc) is 2.04. The zero-order valence-corrected chi connectivity index (χ0v) is 9.70. The van der Waals surface area contributed by atoms with Crippen LogP contribution < -0.4 is 5.09 Å². The van der Waals surface area contributed by atoms with Crippen LogP contribution in [0.15, 0.2) is 30.3 Å². The van der Waals surface area contributed by atoms with Gasteiger partial charge in [0.25, 0.3) is 0 Å². The number of anilines is 1.